The van der Waals surface area contributed by atoms with Crippen molar-refractivity contribution in [2.24, 2.45) is 0 Å². The van der Waals surface area contributed by atoms with Crippen molar-refractivity contribution in [1.82, 2.24) is 19.5 Å². The lowest BCUT2D eigenvalue weighted by Crippen LogP contribution is -2.46. The minimum absolute atomic E-state index is 0.0232. The number of rotatable bonds is 9. The first-order valence-corrected chi connectivity index (χ1v) is 13.6. The highest BCUT2D eigenvalue weighted by atomic mass is 16.5. The average molecular weight is 573 g/mol. The van der Waals surface area contributed by atoms with Crippen LogP contribution in [0.15, 0.2) is 80.8 Å². The predicted molar refractivity (Wildman–Crippen MR) is 154 cm³/mol. The smallest absolute Gasteiger partial charge is 0.440 e. The van der Waals surface area contributed by atoms with Gasteiger partial charge >= 0.3 is 11.4 Å². The second kappa shape index (κ2) is 12.7. The first-order valence-electron chi connectivity index (χ1n) is 13.6. The summed E-state index contributed by atoms with van der Waals surface area (Å²) in [4.78, 5) is 53.6. The molecule has 0 bridgehead atoms. The molecule has 218 valence electrons. The van der Waals surface area contributed by atoms with Crippen molar-refractivity contribution < 1.29 is 23.6 Å². The molecular weight excluding hydrogens is 540 g/mol. The van der Waals surface area contributed by atoms with Crippen molar-refractivity contribution in [2.75, 3.05) is 39.9 Å². The van der Waals surface area contributed by atoms with Crippen LogP contribution in [0.2, 0.25) is 0 Å². The number of aryl methyl sites for hydroxylation is 1. The molecule has 2 amide bonds. The van der Waals surface area contributed by atoms with Gasteiger partial charge in [0.1, 0.15) is 12.4 Å². The van der Waals surface area contributed by atoms with Crippen LogP contribution in [0.3, 0.4) is 0 Å². The molecule has 42 heavy (non-hydrogen) atoms. The number of likely N-dealkylation sites (N-methyl/N-ethyl adjacent to an activating group) is 1. The van der Waals surface area contributed by atoms with Gasteiger partial charge in [0.15, 0.2) is 0 Å². The van der Waals surface area contributed by atoms with Crippen LogP contribution in [-0.4, -0.2) is 71.2 Å². The quantitative estimate of drug-likeness (QED) is 0.327. The maximum Gasteiger partial charge on any atom is 0.440 e. The molecule has 3 aromatic carbocycles. The molecule has 1 N–H and O–H groups in total. The maximum absolute atomic E-state index is 13.0. The Kier molecular flexibility index (Phi) is 8.68. The van der Waals surface area contributed by atoms with Gasteiger partial charge in [-0.3, -0.25) is 9.59 Å². The highest BCUT2D eigenvalue weighted by Crippen LogP contribution is 2.26. The molecule has 1 aromatic heterocycles. The van der Waals surface area contributed by atoms with Crippen molar-refractivity contribution in [3.05, 3.63) is 110 Å². The van der Waals surface area contributed by atoms with Crippen LogP contribution < -0.4 is 16.2 Å². The fraction of sp³-hybridized carbons (Fsp3) is 0.290. The van der Waals surface area contributed by atoms with E-state index in [1.165, 1.54) is 4.90 Å². The van der Waals surface area contributed by atoms with E-state index in [0.29, 0.717) is 44.2 Å². The zero-order valence-electron chi connectivity index (χ0n) is 23.5. The van der Waals surface area contributed by atoms with E-state index in [2.05, 4.69) is 4.98 Å². The Morgan fingerprint density at radius 3 is 2.43 bits per heavy atom. The molecule has 0 unspecified atom stereocenters. The zero-order chi connectivity index (χ0) is 29.6. The van der Waals surface area contributed by atoms with Crippen molar-refractivity contribution in [3.8, 4) is 16.9 Å². The molecule has 1 saturated heterocycles. The highest BCUT2D eigenvalue weighted by molar-refractivity contribution is 5.97. The topological polar surface area (TPSA) is 127 Å². The number of aromatic amines is 1. The van der Waals surface area contributed by atoms with E-state index in [0.717, 1.165) is 32.6 Å². The molecule has 1 aliphatic rings. The van der Waals surface area contributed by atoms with Crippen LogP contribution in [0.4, 0.5) is 0 Å². The van der Waals surface area contributed by atoms with Crippen LogP contribution in [0.1, 0.15) is 27.0 Å². The third-order valence-electron chi connectivity index (χ3n) is 7.08. The SMILES string of the molecule is Cc1cc(C(=O)N(C)CC(=O)N2CCOCC2)ccc1-c1cccc(COc2ccc(Cn3oc(=O)[nH]c3=O)cc2)c1. The monoisotopic (exact) mass is 572 g/mol. The fourth-order valence-corrected chi connectivity index (χ4v) is 4.80. The van der Waals surface area contributed by atoms with Crippen LogP contribution in [0.5, 0.6) is 5.75 Å². The molecule has 11 heteroatoms. The molecule has 0 atom stereocenters. The summed E-state index contributed by atoms with van der Waals surface area (Å²) in [6, 6.07) is 20.7. The summed E-state index contributed by atoms with van der Waals surface area (Å²) in [6.45, 7) is 4.59. The largest absolute Gasteiger partial charge is 0.489 e. The summed E-state index contributed by atoms with van der Waals surface area (Å²) in [5, 5.41) is 0. The van der Waals surface area contributed by atoms with E-state index >= 15 is 0 Å². The van der Waals surface area contributed by atoms with Gasteiger partial charge in [-0.25, -0.2) is 14.6 Å². The number of benzene rings is 3. The van der Waals surface area contributed by atoms with Gasteiger partial charge in [-0.2, -0.15) is 0 Å². The number of carbonyl (C=O) groups is 2. The Labute approximate surface area is 241 Å². The van der Waals surface area contributed by atoms with Gasteiger partial charge in [-0.1, -0.05) is 36.4 Å². The Hall–Kier alpha value is -4.90. The number of morpholine rings is 1. The minimum atomic E-state index is -0.790. The summed E-state index contributed by atoms with van der Waals surface area (Å²) in [5.74, 6) is -0.422. The summed E-state index contributed by atoms with van der Waals surface area (Å²) in [6.07, 6.45) is 0. The minimum Gasteiger partial charge on any atom is -0.489 e. The molecular formula is C31H32N4O7. The van der Waals surface area contributed by atoms with Crippen LogP contribution in [0.25, 0.3) is 11.1 Å². The van der Waals surface area contributed by atoms with Gasteiger partial charge < -0.3 is 23.8 Å². The average Bonchev–Trinajstić information content (AvgIpc) is 3.32. The Balaban J connectivity index is 1.19. The summed E-state index contributed by atoms with van der Waals surface area (Å²) < 4.78 is 17.0. The zero-order valence-corrected chi connectivity index (χ0v) is 23.5. The van der Waals surface area contributed by atoms with Crippen LogP contribution >= 0.6 is 0 Å². The van der Waals surface area contributed by atoms with E-state index in [-0.39, 0.29) is 24.9 Å². The Morgan fingerprint density at radius 2 is 1.74 bits per heavy atom. The summed E-state index contributed by atoms with van der Waals surface area (Å²) in [7, 11) is 1.64. The molecule has 0 saturated carbocycles. The van der Waals surface area contributed by atoms with Gasteiger partial charge in [0.2, 0.25) is 5.91 Å². The molecule has 5 rings (SSSR count). The normalized spacial score (nSPS) is 13.1. The molecule has 2 heterocycles. The second-order valence-electron chi connectivity index (χ2n) is 10.2. The lowest BCUT2D eigenvalue weighted by atomic mass is 9.97. The van der Waals surface area contributed by atoms with E-state index in [1.54, 1.807) is 42.3 Å². The van der Waals surface area contributed by atoms with E-state index < -0.39 is 11.4 Å². The number of hydrogen-bond acceptors (Lipinski definition) is 7. The van der Waals surface area contributed by atoms with Gasteiger partial charge in [0.25, 0.3) is 5.91 Å². The molecule has 1 aliphatic heterocycles. The van der Waals surface area contributed by atoms with Gasteiger partial charge in [0, 0.05) is 25.7 Å². The van der Waals surface area contributed by atoms with Gasteiger partial charge in [-0.15, -0.1) is 4.74 Å². The Bertz CT molecular complexity index is 1680. The molecule has 1 fully saturated rings. The number of ether oxygens (including phenoxy) is 2. The third-order valence-corrected chi connectivity index (χ3v) is 7.08. The van der Waals surface area contributed by atoms with Crippen molar-refractivity contribution in [1.29, 1.82) is 0 Å². The number of amides is 2. The number of nitrogens with zero attached hydrogens (tertiary/aromatic N) is 3. The summed E-state index contributed by atoms with van der Waals surface area (Å²) in [5.41, 5.74) is 4.62. The fourth-order valence-electron chi connectivity index (χ4n) is 4.80. The number of H-pyrrole nitrogens is 1. The first-order chi connectivity index (χ1) is 20.3. The molecule has 11 nitrogen and oxygen atoms in total. The third kappa shape index (κ3) is 6.87. The van der Waals surface area contributed by atoms with Crippen molar-refractivity contribution in [3.63, 3.8) is 0 Å². The predicted octanol–water partition coefficient (Wildman–Crippen LogP) is 2.66. The van der Waals surface area contributed by atoms with Gasteiger partial charge in [-0.05, 0) is 65.1 Å². The van der Waals surface area contributed by atoms with Gasteiger partial charge in [0.05, 0.1) is 26.3 Å². The Morgan fingerprint density at radius 1 is 0.976 bits per heavy atom. The van der Waals surface area contributed by atoms with Crippen LogP contribution in [-0.2, 0) is 22.7 Å². The molecule has 0 radical (unpaired) electrons. The number of hydrogen-bond donors (Lipinski definition) is 1. The van der Waals surface area contributed by atoms with E-state index in [4.69, 9.17) is 14.0 Å². The number of carbonyl (C=O) groups excluding carboxylic acids is 2. The maximum atomic E-state index is 13.0. The number of aromatic nitrogens is 2. The summed E-state index contributed by atoms with van der Waals surface area (Å²) >= 11 is 0. The lowest BCUT2D eigenvalue weighted by Gasteiger charge is -2.28. The standard InChI is InChI=1S/C31H32N4O7/c1-21-16-25(29(37)33(2)19-28(36)34-12-14-40-15-13-34)8-11-27(21)24-5-3-4-23(17-24)20-41-26-9-6-22(7-10-26)18-35-30(38)32-31(39)42-35/h3-11,16-17H,12-15,18-20H2,1-2H3,(H,32,38,39). The highest BCUT2D eigenvalue weighted by Gasteiger charge is 2.21. The van der Waals surface area contributed by atoms with E-state index in [1.807, 2.05) is 43.3 Å². The molecule has 0 aliphatic carbocycles. The first kappa shape index (κ1) is 28.6. The van der Waals surface area contributed by atoms with E-state index in [9.17, 15) is 19.2 Å². The lowest BCUT2D eigenvalue weighted by molar-refractivity contribution is -0.135. The second-order valence-corrected chi connectivity index (χ2v) is 10.2. The number of nitrogens with one attached hydrogen (secondary N) is 1. The van der Waals surface area contributed by atoms with Crippen molar-refractivity contribution >= 4 is 11.8 Å². The molecule has 0 spiro atoms. The van der Waals surface area contributed by atoms with Crippen molar-refractivity contribution in [2.45, 2.75) is 20.1 Å². The van der Waals surface area contributed by atoms with Crippen LogP contribution in [0, 0.1) is 6.92 Å². The molecule has 4 aromatic rings.